The van der Waals surface area contributed by atoms with Crippen LogP contribution in [0.4, 0.5) is 0 Å². The molecule has 0 N–H and O–H groups in total. The third-order valence-electron chi connectivity index (χ3n) is 8.68. The van der Waals surface area contributed by atoms with Crippen LogP contribution in [0.15, 0.2) is 18.2 Å². The fourth-order valence-corrected chi connectivity index (χ4v) is 7.22. The van der Waals surface area contributed by atoms with Crippen LogP contribution in [-0.4, -0.2) is 41.0 Å². The van der Waals surface area contributed by atoms with E-state index < -0.39 is 8.32 Å². The second-order valence-corrected chi connectivity index (χ2v) is 16.5. The van der Waals surface area contributed by atoms with Crippen molar-refractivity contribution in [3.05, 3.63) is 29.3 Å². The molecule has 0 aromatic heterocycles. The molecule has 5 atom stereocenters. The van der Waals surface area contributed by atoms with Gasteiger partial charge in [-0.25, -0.2) is 0 Å². The number of hydrogen-bond donors (Lipinski definition) is 0. The highest BCUT2D eigenvalue weighted by Gasteiger charge is 2.49. The van der Waals surface area contributed by atoms with Crippen LogP contribution in [0.2, 0.25) is 18.1 Å². The van der Waals surface area contributed by atoms with Crippen molar-refractivity contribution in [3.63, 3.8) is 0 Å². The molecule has 0 spiro atoms. The SMILES string of the molecule is COc1cccc2c1C[C@H]1C[C@@H](O[Si](C)(C)C(C)(C)C)[C@H](CCOC3CCCCO3)[C@H]1C2. The quantitative estimate of drug-likeness (QED) is 0.443. The molecule has 3 aliphatic rings. The van der Waals surface area contributed by atoms with Crippen LogP contribution in [0.1, 0.15) is 64.0 Å². The maximum atomic E-state index is 7.09. The van der Waals surface area contributed by atoms with E-state index in [-0.39, 0.29) is 11.3 Å². The number of hydrogen-bond acceptors (Lipinski definition) is 4. The molecule has 1 aliphatic heterocycles. The molecule has 0 radical (unpaired) electrons. The van der Waals surface area contributed by atoms with Crippen LogP contribution in [0, 0.1) is 17.8 Å². The molecule has 1 aromatic rings. The molecule has 5 heteroatoms. The number of benzene rings is 1. The zero-order valence-electron chi connectivity index (χ0n) is 21.1. The molecule has 1 saturated carbocycles. The van der Waals surface area contributed by atoms with E-state index in [2.05, 4.69) is 52.1 Å². The first kappa shape index (κ1) is 24.2. The fraction of sp³-hybridized carbons (Fsp3) is 0.778. The van der Waals surface area contributed by atoms with Crippen molar-refractivity contribution in [2.45, 2.75) is 96.2 Å². The lowest BCUT2D eigenvalue weighted by molar-refractivity contribution is -0.165. The van der Waals surface area contributed by atoms with Gasteiger partial charge in [0, 0.05) is 12.7 Å². The Balaban J connectivity index is 1.50. The van der Waals surface area contributed by atoms with Crippen molar-refractivity contribution >= 4 is 8.32 Å². The highest BCUT2D eigenvalue weighted by atomic mass is 28.4. The van der Waals surface area contributed by atoms with Gasteiger partial charge in [0.2, 0.25) is 0 Å². The van der Waals surface area contributed by atoms with Gasteiger partial charge in [-0.1, -0.05) is 32.9 Å². The predicted octanol–water partition coefficient (Wildman–Crippen LogP) is 6.37. The van der Waals surface area contributed by atoms with Gasteiger partial charge < -0.3 is 18.6 Å². The van der Waals surface area contributed by atoms with Gasteiger partial charge >= 0.3 is 0 Å². The summed E-state index contributed by atoms with van der Waals surface area (Å²) in [7, 11) is -0.0365. The van der Waals surface area contributed by atoms with E-state index in [1.807, 2.05) is 0 Å². The van der Waals surface area contributed by atoms with Crippen molar-refractivity contribution in [1.29, 1.82) is 0 Å². The zero-order valence-corrected chi connectivity index (χ0v) is 22.1. The minimum atomic E-state index is -1.84. The minimum Gasteiger partial charge on any atom is -0.496 e. The van der Waals surface area contributed by atoms with E-state index in [9.17, 15) is 0 Å². The molecule has 0 amide bonds. The number of methoxy groups -OCH3 is 1. The molecular weight excluding hydrogens is 416 g/mol. The summed E-state index contributed by atoms with van der Waals surface area (Å²) in [5.74, 6) is 2.95. The largest absolute Gasteiger partial charge is 0.496 e. The average molecular weight is 461 g/mol. The number of ether oxygens (including phenoxy) is 3. The molecule has 1 aromatic carbocycles. The maximum Gasteiger partial charge on any atom is 0.192 e. The summed E-state index contributed by atoms with van der Waals surface area (Å²) in [6.07, 6.45) is 8.24. The first-order valence-corrected chi connectivity index (χ1v) is 15.7. The number of fused-ring (bicyclic) bond motifs is 2. The summed E-state index contributed by atoms with van der Waals surface area (Å²) in [4.78, 5) is 0. The van der Waals surface area contributed by atoms with Gasteiger partial charge in [0.15, 0.2) is 14.6 Å². The summed E-state index contributed by atoms with van der Waals surface area (Å²) < 4.78 is 24.8. The Morgan fingerprint density at radius 1 is 1.12 bits per heavy atom. The fourth-order valence-electron chi connectivity index (χ4n) is 5.84. The standard InChI is InChI=1S/C27H44O4Si/c1-27(2,3)32(5,6)31-25-18-20-17-23-19(10-9-11-24(23)28-4)16-22(20)21(25)13-15-30-26-12-7-8-14-29-26/h9-11,20-22,25-26H,7-8,12-18H2,1-6H3/t20-,21+,22-,25+,26?/m0/s1. The predicted molar refractivity (Wildman–Crippen MR) is 132 cm³/mol. The van der Waals surface area contributed by atoms with Crippen LogP contribution in [0.5, 0.6) is 5.75 Å². The number of rotatable bonds is 7. The molecule has 4 nitrogen and oxygen atoms in total. The third-order valence-corrected chi connectivity index (χ3v) is 13.2. The Labute approximate surface area is 196 Å². The maximum absolute atomic E-state index is 7.09. The topological polar surface area (TPSA) is 36.9 Å². The van der Waals surface area contributed by atoms with Crippen molar-refractivity contribution in [2.75, 3.05) is 20.3 Å². The van der Waals surface area contributed by atoms with Crippen molar-refractivity contribution in [3.8, 4) is 5.75 Å². The van der Waals surface area contributed by atoms with E-state index in [1.54, 1.807) is 7.11 Å². The molecule has 1 unspecified atom stereocenters. The monoisotopic (exact) mass is 460 g/mol. The Bertz CT molecular complexity index is 765. The van der Waals surface area contributed by atoms with Gasteiger partial charge in [-0.3, -0.25) is 0 Å². The van der Waals surface area contributed by atoms with E-state index in [0.29, 0.717) is 23.9 Å². The van der Waals surface area contributed by atoms with E-state index in [1.165, 1.54) is 24.0 Å². The Hall–Kier alpha value is -0.883. The van der Waals surface area contributed by atoms with E-state index in [0.717, 1.165) is 51.1 Å². The van der Waals surface area contributed by atoms with Gasteiger partial charge in [0.1, 0.15) is 5.75 Å². The Kier molecular flexibility index (Phi) is 7.40. The van der Waals surface area contributed by atoms with Gasteiger partial charge in [-0.15, -0.1) is 0 Å². The van der Waals surface area contributed by atoms with E-state index >= 15 is 0 Å². The smallest absolute Gasteiger partial charge is 0.192 e. The van der Waals surface area contributed by atoms with Gasteiger partial charge in [-0.2, -0.15) is 0 Å². The van der Waals surface area contributed by atoms with Crippen molar-refractivity contribution in [2.24, 2.45) is 17.8 Å². The van der Waals surface area contributed by atoms with Gasteiger partial charge in [0.05, 0.1) is 13.7 Å². The lowest BCUT2D eigenvalue weighted by atomic mass is 9.74. The lowest BCUT2D eigenvalue weighted by Crippen LogP contribution is -2.45. The second kappa shape index (κ2) is 9.77. The molecule has 32 heavy (non-hydrogen) atoms. The molecule has 2 aliphatic carbocycles. The first-order valence-electron chi connectivity index (χ1n) is 12.8. The van der Waals surface area contributed by atoms with E-state index in [4.69, 9.17) is 18.6 Å². The molecule has 180 valence electrons. The van der Waals surface area contributed by atoms with Gasteiger partial charge in [0.25, 0.3) is 0 Å². The Morgan fingerprint density at radius 3 is 2.62 bits per heavy atom. The minimum absolute atomic E-state index is 0.00273. The van der Waals surface area contributed by atoms with Crippen LogP contribution < -0.4 is 4.74 Å². The molecule has 0 bridgehead atoms. The van der Waals surface area contributed by atoms with Crippen LogP contribution >= 0.6 is 0 Å². The van der Waals surface area contributed by atoms with Crippen molar-refractivity contribution < 1.29 is 18.6 Å². The molecule has 1 saturated heterocycles. The van der Waals surface area contributed by atoms with Crippen LogP contribution in [-0.2, 0) is 26.7 Å². The van der Waals surface area contributed by atoms with Gasteiger partial charge in [-0.05, 0) is 98.0 Å². The highest BCUT2D eigenvalue weighted by molar-refractivity contribution is 6.74. The molecule has 4 rings (SSSR count). The summed E-state index contributed by atoms with van der Waals surface area (Å²) in [5.41, 5.74) is 2.90. The summed E-state index contributed by atoms with van der Waals surface area (Å²) in [6.45, 7) is 13.5. The summed E-state index contributed by atoms with van der Waals surface area (Å²) in [5, 5.41) is 0.226. The van der Waals surface area contributed by atoms with Crippen LogP contribution in [0.25, 0.3) is 0 Å². The average Bonchev–Trinajstić information content (AvgIpc) is 3.07. The third kappa shape index (κ3) is 5.11. The Morgan fingerprint density at radius 2 is 1.94 bits per heavy atom. The first-order chi connectivity index (χ1) is 15.2. The molecule has 2 fully saturated rings. The second-order valence-electron chi connectivity index (χ2n) is 11.7. The molecular formula is C27H44O4Si. The lowest BCUT2D eigenvalue weighted by Gasteiger charge is -2.40. The van der Waals surface area contributed by atoms with Crippen LogP contribution in [0.3, 0.4) is 0 Å². The molecule has 1 heterocycles. The highest BCUT2D eigenvalue weighted by Crippen LogP contribution is 2.51. The zero-order chi connectivity index (χ0) is 22.9. The summed E-state index contributed by atoms with van der Waals surface area (Å²) >= 11 is 0. The van der Waals surface area contributed by atoms with Crippen molar-refractivity contribution in [1.82, 2.24) is 0 Å². The normalized spacial score (nSPS) is 30.6. The summed E-state index contributed by atoms with van der Waals surface area (Å²) in [6, 6.07) is 6.57.